The van der Waals surface area contributed by atoms with Crippen molar-refractivity contribution in [2.45, 2.75) is 45.4 Å². The number of hydrogen-bond acceptors (Lipinski definition) is 6. The van der Waals surface area contributed by atoms with Crippen LogP contribution in [-0.4, -0.2) is 49.3 Å². The van der Waals surface area contributed by atoms with Crippen LogP contribution in [0.1, 0.15) is 41.9 Å². The van der Waals surface area contributed by atoms with E-state index >= 15 is 0 Å². The van der Waals surface area contributed by atoms with Crippen LogP contribution in [0.25, 0.3) is 10.9 Å². The molecule has 0 aliphatic carbocycles. The summed E-state index contributed by atoms with van der Waals surface area (Å²) in [5, 5.41) is 3.24. The molecule has 0 aliphatic rings. The molecule has 0 unspecified atom stereocenters. The zero-order chi connectivity index (χ0) is 29.6. The summed E-state index contributed by atoms with van der Waals surface area (Å²) in [6.45, 7) is 3.41. The van der Waals surface area contributed by atoms with E-state index in [0.29, 0.717) is 11.1 Å². The number of benzene rings is 2. The fourth-order valence-electron chi connectivity index (χ4n) is 4.56. The standard InChI is InChI=1S/C29H32N3O8P/c1-19(2)15-24(31-27(33)26-13-8-14-39-26)28(34)32(41(36,37)38)25(29(35)40-18-20-9-4-3-5-10-20)16-21-17-30-23-12-7-6-11-22(21)23/h3-14,17,19,24-25,30H,15-16,18H2,1-2H3,(H,31,33)(H2,36,37,38)/t24-,25-/m0/s1. The topological polar surface area (TPSA) is 162 Å². The van der Waals surface area contributed by atoms with Crippen LogP contribution >= 0.6 is 7.75 Å². The average Bonchev–Trinajstić information content (AvgIpc) is 3.61. The number of ether oxygens (including phenoxy) is 1. The number of para-hydroxylation sites is 1. The number of carbonyl (C=O) groups excluding carboxylic acids is 3. The van der Waals surface area contributed by atoms with Crippen LogP contribution in [0.5, 0.6) is 0 Å². The van der Waals surface area contributed by atoms with Gasteiger partial charge in [-0.2, -0.15) is 0 Å². The summed E-state index contributed by atoms with van der Waals surface area (Å²) in [5.74, 6) is -3.09. The molecular formula is C29H32N3O8P. The molecule has 4 aromatic rings. The molecule has 4 N–H and O–H groups in total. The van der Waals surface area contributed by atoms with E-state index in [1.807, 2.05) is 12.1 Å². The van der Waals surface area contributed by atoms with Crippen molar-refractivity contribution in [1.82, 2.24) is 15.0 Å². The zero-order valence-corrected chi connectivity index (χ0v) is 23.5. The number of nitrogens with zero attached hydrogens (tertiary/aromatic N) is 1. The molecule has 4 rings (SSSR count). The lowest BCUT2D eigenvalue weighted by molar-refractivity contribution is -0.154. The first-order valence-electron chi connectivity index (χ1n) is 13.0. The van der Waals surface area contributed by atoms with Gasteiger partial charge < -0.3 is 29.2 Å². The fourth-order valence-corrected chi connectivity index (χ4v) is 5.49. The summed E-state index contributed by atoms with van der Waals surface area (Å²) in [6, 6.07) is 15.8. The highest BCUT2D eigenvalue weighted by atomic mass is 31.2. The second-order valence-corrected chi connectivity index (χ2v) is 11.5. The number of aromatic nitrogens is 1. The maximum absolute atomic E-state index is 13.9. The van der Waals surface area contributed by atoms with Crippen LogP contribution in [0.2, 0.25) is 0 Å². The number of nitrogens with one attached hydrogen (secondary N) is 2. The minimum Gasteiger partial charge on any atom is -0.459 e. The molecule has 2 atom stereocenters. The molecule has 0 spiro atoms. The Balaban J connectivity index is 1.71. The predicted octanol–water partition coefficient (Wildman–Crippen LogP) is 4.18. The van der Waals surface area contributed by atoms with Gasteiger partial charge in [0.2, 0.25) is 0 Å². The van der Waals surface area contributed by atoms with Gasteiger partial charge in [0.25, 0.3) is 11.8 Å². The number of hydrogen-bond donors (Lipinski definition) is 4. The van der Waals surface area contributed by atoms with Crippen LogP contribution in [0.4, 0.5) is 0 Å². The zero-order valence-electron chi connectivity index (χ0n) is 22.6. The molecule has 2 aromatic carbocycles. The van der Waals surface area contributed by atoms with Crippen molar-refractivity contribution in [2.24, 2.45) is 5.92 Å². The largest absolute Gasteiger partial charge is 0.459 e. The molecular weight excluding hydrogens is 549 g/mol. The molecule has 0 fully saturated rings. The minimum atomic E-state index is -5.42. The van der Waals surface area contributed by atoms with Gasteiger partial charge >= 0.3 is 13.7 Å². The van der Waals surface area contributed by atoms with Crippen LogP contribution in [0.3, 0.4) is 0 Å². The van der Waals surface area contributed by atoms with E-state index < -0.39 is 37.6 Å². The molecule has 2 heterocycles. The van der Waals surface area contributed by atoms with Gasteiger partial charge in [0.15, 0.2) is 5.76 Å². The molecule has 12 heteroatoms. The summed E-state index contributed by atoms with van der Waals surface area (Å²) in [4.78, 5) is 64.2. The van der Waals surface area contributed by atoms with Gasteiger partial charge in [0.1, 0.15) is 18.7 Å². The number of esters is 1. The van der Waals surface area contributed by atoms with E-state index in [1.165, 1.54) is 18.4 Å². The van der Waals surface area contributed by atoms with Gasteiger partial charge in [0.05, 0.1) is 6.26 Å². The van der Waals surface area contributed by atoms with Gasteiger partial charge in [0, 0.05) is 23.5 Å². The Morgan fingerprint density at radius 2 is 1.73 bits per heavy atom. The number of H-pyrrole nitrogens is 1. The summed E-state index contributed by atoms with van der Waals surface area (Å²) in [7, 11) is -5.42. The Kier molecular flexibility index (Phi) is 9.44. The van der Waals surface area contributed by atoms with Crippen molar-refractivity contribution >= 4 is 36.4 Å². The van der Waals surface area contributed by atoms with E-state index in [9.17, 15) is 28.7 Å². The van der Waals surface area contributed by atoms with Crippen molar-refractivity contribution in [1.29, 1.82) is 0 Å². The van der Waals surface area contributed by atoms with Crippen molar-refractivity contribution in [3.8, 4) is 0 Å². The van der Waals surface area contributed by atoms with Gasteiger partial charge in [-0.3, -0.25) is 9.59 Å². The molecule has 41 heavy (non-hydrogen) atoms. The molecule has 0 saturated carbocycles. The van der Waals surface area contributed by atoms with Crippen molar-refractivity contribution < 1.29 is 37.9 Å². The van der Waals surface area contributed by atoms with Crippen LogP contribution in [-0.2, 0) is 31.9 Å². The smallest absolute Gasteiger partial charge is 0.433 e. The van der Waals surface area contributed by atoms with Crippen LogP contribution in [0, 0.1) is 5.92 Å². The number of fused-ring (bicyclic) bond motifs is 1. The first kappa shape index (κ1) is 29.8. The maximum atomic E-state index is 13.9. The summed E-state index contributed by atoms with van der Waals surface area (Å²) >= 11 is 0. The van der Waals surface area contributed by atoms with Gasteiger partial charge in [-0.15, -0.1) is 0 Å². The van der Waals surface area contributed by atoms with Crippen LogP contribution < -0.4 is 5.32 Å². The van der Waals surface area contributed by atoms with E-state index in [2.05, 4.69) is 10.3 Å². The molecule has 2 aromatic heterocycles. The lowest BCUT2D eigenvalue weighted by atomic mass is 10.0. The van der Waals surface area contributed by atoms with Gasteiger partial charge in [-0.05, 0) is 41.7 Å². The number of aromatic amines is 1. The average molecular weight is 582 g/mol. The Labute approximate surface area is 236 Å². The lowest BCUT2D eigenvalue weighted by Gasteiger charge is -2.33. The second kappa shape index (κ2) is 13.0. The highest BCUT2D eigenvalue weighted by Gasteiger charge is 2.45. The number of amides is 2. The Bertz CT molecular complexity index is 1530. The monoisotopic (exact) mass is 581 g/mol. The maximum Gasteiger partial charge on any atom is 0.433 e. The number of carbonyl (C=O) groups is 3. The summed E-state index contributed by atoms with van der Waals surface area (Å²) < 4.78 is 23.8. The minimum absolute atomic E-state index is 0.0423. The quantitative estimate of drug-likeness (QED) is 0.143. The molecule has 2 amide bonds. The Hall–Kier alpha value is -4.18. The molecule has 0 bridgehead atoms. The highest BCUT2D eigenvalue weighted by molar-refractivity contribution is 7.50. The SMILES string of the molecule is CC(C)C[C@H](NC(=O)c1ccco1)C(=O)N([C@@H](Cc1c[nH]c2ccccc12)C(=O)OCc1ccccc1)P(=O)(O)O. The summed E-state index contributed by atoms with van der Waals surface area (Å²) in [6.07, 6.45) is 2.69. The van der Waals surface area contributed by atoms with E-state index in [1.54, 1.807) is 62.5 Å². The van der Waals surface area contributed by atoms with Crippen molar-refractivity contribution in [2.75, 3.05) is 0 Å². The van der Waals surface area contributed by atoms with E-state index in [-0.39, 0.29) is 35.8 Å². The van der Waals surface area contributed by atoms with Gasteiger partial charge in [-0.25, -0.2) is 14.0 Å². The highest BCUT2D eigenvalue weighted by Crippen LogP contribution is 2.44. The Morgan fingerprint density at radius 1 is 1.02 bits per heavy atom. The first-order chi connectivity index (χ1) is 19.5. The van der Waals surface area contributed by atoms with Crippen molar-refractivity contribution in [3.05, 3.63) is 96.1 Å². The molecule has 0 saturated heterocycles. The first-order valence-corrected chi connectivity index (χ1v) is 14.6. The summed E-state index contributed by atoms with van der Waals surface area (Å²) in [5.41, 5.74) is 1.95. The van der Waals surface area contributed by atoms with E-state index in [4.69, 9.17) is 9.15 Å². The van der Waals surface area contributed by atoms with Crippen molar-refractivity contribution in [3.63, 3.8) is 0 Å². The van der Waals surface area contributed by atoms with Gasteiger partial charge in [-0.1, -0.05) is 62.4 Å². The molecule has 0 aliphatic heterocycles. The molecule has 11 nitrogen and oxygen atoms in total. The third-order valence-electron chi connectivity index (χ3n) is 6.44. The normalized spacial score (nSPS) is 13.1. The second-order valence-electron chi connectivity index (χ2n) is 10.0. The molecule has 0 radical (unpaired) electrons. The lowest BCUT2D eigenvalue weighted by Crippen LogP contribution is -2.53. The number of rotatable bonds is 12. The third kappa shape index (κ3) is 7.52. The number of furan rings is 1. The van der Waals surface area contributed by atoms with Crippen LogP contribution in [0.15, 0.2) is 83.6 Å². The fraction of sp³-hybridized carbons (Fsp3) is 0.276. The van der Waals surface area contributed by atoms with E-state index in [0.717, 1.165) is 10.9 Å². The Morgan fingerprint density at radius 3 is 2.39 bits per heavy atom. The third-order valence-corrected chi connectivity index (χ3v) is 7.48. The molecule has 216 valence electrons. The predicted molar refractivity (Wildman–Crippen MR) is 150 cm³/mol.